The molecule has 0 atom stereocenters. The summed E-state index contributed by atoms with van der Waals surface area (Å²) in [6.45, 7) is 6.99. The number of halogens is 2. The zero-order chi connectivity index (χ0) is 8.16. The van der Waals surface area contributed by atoms with Crippen LogP contribution in [-0.4, -0.2) is 49.3 Å². The van der Waals surface area contributed by atoms with Gasteiger partial charge in [0.2, 0.25) is 0 Å². The number of rotatable bonds is 0. The molecule has 1 aliphatic heterocycles. The van der Waals surface area contributed by atoms with Gasteiger partial charge in [-0.05, 0) is 0 Å². The third-order valence-electron chi connectivity index (χ3n) is 2.04. The van der Waals surface area contributed by atoms with Crippen molar-refractivity contribution < 1.29 is 48.5 Å². The summed E-state index contributed by atoms with van der Waals surface area (Å²) in [6, 6.07) is 0. The second-order valence-corrected chi connectivity index (χ2v) is 5.03. The van der Waals surface area contributed by atoms with Crippen LogP contribution in [0.5, 0.6) is 0 Å². The normalized spacial score (nSPS) is 22.5. The van der Waals surface area contributed by atoms with Crippen molar-refractivity contribution in [2.75, 3.05) is 46.3 Å². The first-order valence-electron chi connectivity index (χ1n) is 4.22. The Hall–Kier alpha value is 1.17. The molecule has 0 radical (unpaired) electrons. The Bertz CT molecular complexity index is 112. The third-order valence-corrected chi connectivity index (χ3v) is 2.74. The molecule has 6 heteroatoms. The van der Waals surface area contributed by atoms with Gasteiger partial charge < -0.3 is 24.8 Å². The molecule has 2 N–H and O–H groups in total. The van der Waals surface area contributed by atoms with Crippen molar-refractivity contribution in [1.82, 2.24) is 10.6 Å². The minimum Gasteiger partial charge on any atom is -1.00 e. The Kier molecular flexibility index (Phi) is 10.8. The van der Waals surface area contributed by atoms with Gasteiger partial charge in [0.05, 0.1) is 0 Å². The predicted molar refractivity (Wildman–Crippen MR) is 41.7 cm³/mol. The van der Waals surface area contributed by atoms with Crippen molar-refractivity contribution >= 4 is 0 Å². The molecule has 0 aliphatic carbocycles. The molecule has 0 saturated carbocycles. The second-order valence-electron chi connectivity index (χ2n) is 3.34. The van der Waals surface area contributed by atoms with E-state index in [1.165, 1.54) is 13.1 Å². The Morgan fingerprint density at radius 2 is 1.31 bits per heavy atom. The first kappa shape index (κ1) is 16.6. The van der Waals surface area contributed by atoms with Crippen LogP contribution in [0.2, 0.25) is 0 Å². The second kappa shape index (κ2) is 8.48. The quantitative estimate of drug-likeness (QED) is 0.424. The van der Waals surface area contributed by atoms with Gasteiger partial charge in [0, 0.05) is 0 Å². The summed E-state index contributed by atoms with van der Waals surface area (Å²) in [5.41, 5.74) is 0. The van der Waals surface area contributed by atoms with E-state index in [0.717, 1.165) is 29.1 Å². The fraction of sp³-hybridized carbons (Fsp3) is 1.00. The maximum atomic E-state index is 3.40. The minimum atomic E-state index is 0. The zero-order valence-corrected chi connectivity index (χ0v) is 11.0. The third kappa shape index (κ3) is 8.19. The monoisotopic (exact) mass is 261 g/mol. The number of likely N-dealkylation sites (N-methyl/N-ethyl adjacent to an activating group) is 1. The largest absolute Gasteiger partial charge is 1.00 e. The van der Waals surface area contributed by atoms with E-state index in [1.807, 2.05) is 0 Å². The molecular formula is C7H17Cl2N3Ti-. The van der Waals surface area contributed by atoms with Crippen LogP contribution in [0.1, 0.15) is 0 Å². The van der Waals surface area contributed by atoms with Gasteiger partial charge in [-0.1, -0.05) is 0 Å². The summed E-state index contributed by atoms with van der Waals surface area (Å²) in [4.78, 5) is 0. The standard InChI is InChI=1S/C7H17N3.2ClH.Ti/c1-10-6-4-8-2-3-9-5-7-10;;;/h8-9H,2-7H2,1H3;2*1H;/q;;;+1/p-2. The van der Waals surface area contributed by atoms with Gasteiger partial charge >= 0.3 is 80.6 Å². The van der Waals surface area contributed by atoms with Crippen molar-refractivity contribution in [1.29, 1.82) is 0 Å². The molecule has 0 spiro atoms. The average molecular weight is 262 g/mol. The molecule has 3 nitrogen and oxygen atoms in total. The van der Waals surface area contributed by atoms with Gasteiger partial charge in [0.25, 0.3) is 0 Å². The van der Waals surface area contributed by atoms with Crippen LogP contribution in [0.25, 0.3) is 0 Å². The van der Waals surface area contributed by atoms with Crippen molar-refractivity contribution in [2.24, 2.45) is 0 Å². The van der Waals surface area contributed by atoms with Crippen molar-refractivity contribution in [3.8, 4) is 0 Å². The number of nitrogens with zero attached hydrogens (tertiary/aromatic N) is 1. The predicted octanol–water partition coefficient (Wildman–Crippen LogP) is -6.90. The van der Waals surface area contributed by atoms with Crippen LogP contribution in [0.15, 0.2) is 0 Å². The van der Waals surface area contributed by atoms with Gasteiger partial charge in [-0.25, -0.2) is 0 Å². The summed E-state index contributed by atoms with van der Waals surface area (Å²) < 4.78 is 1.12. The van der Waals surface area contributed by atoms with E-state index in [0.29, 0.717) is 0 Å². The minimum absolute atomic E-state index is 0. The Morgan fingerprint density at radius 1 is 0.923 bits per heavy atom. The zero-order valence-electron chi connectivity index (χ0n) is 7.95. The van der Waals surface area contributed by atoms with Gasteiger partial charge in [-0.2, -0.15) is 0 Å². The summed E-state index contributed by atoms with van der Waals surface area (Å²) in [7, 11) is 2.29. The summed E-state index contributed by atoms with van der Waals surface area (Å²) in [5, 5.41) is 6.81. The number of quaternary nitrogens is 1. The van der Waals surface area contributed by atoms with Crippen LogP contribution >= 0.6 is 0 Å². The number of hydrogen-bond acceptors (Lipinski definition) is 2. The fourth-order valence-corrected chi connectivity index (χ4v) is 1.54. The molecule has 1 aliphatic rings. The molecular weight excluding hydrogens is 245 g/mol. The van der Waals surface area contributed by atoms with E-state index in [1.54, 1.807) is 0 Å². The Balaban J connectivity index is 0. The molecule has 1 fully saturated rings. The molecule has 1 heterocycles. The number of nitrogens with one attached hydrogen (secondary N) is 2. The molecule has 13 heavy (non-hydrogen) atoms. The van der Waals surface area contributed by atoms with Crippen molar-refractivity contribution in [2.45, 2.75) is 0 Å². The molecule has 0 aromatic carbocycles. The van der Waals surface area contributed by atoms with E-state index in [-0.39, 0.29) is 24.8 Å². The molecule has 0 aromatic rings. The summed E-state index contributed by atoms with van der Waals surface area (Å²) in [5.74, 6) is 0. The van der Waals surface area contributed by atoms with Crippen molar-refractivity contribution in [3.63, 3.8) is 0 Å². The fourth-order valence-electron chi connectivity index (χ4n) is 1.19. The molecule has 79 valence electrons. The summed E-state index contributed by atoms with van der Waals surface area (Å²) >= 11 is 2.29. The number of hydrogen-bond donors (Lipinski definition) is 2. The van der Waals surface area contributed by atoms with E-state index in [9.17, 15) is 0 Å². The topological polar surface area (TPSA) is 24.1 Å². The van der Waals surface area contributed by atoms with Crippen molar-refractivity contribution in [3.05, 3.63) is 0 Å². The molecule has 0 aromatic heterocycles. The van der Waals surface area contributed by atoms with Gasteiger partial charge in [0.15, 0.2) is 0 Å². The Labute approximate surface area is 105 Å². The Morgan fingerprint density at radius 3 is 1.69 bits per heavy atom. The maximum absolute atomic E-state index is 3.40. The summed E-state index contributed by atoms with van der Waals surface area (Å²) in [6.07, 6.45) is 0. The van der Waals surface area contributed by atoms with Gasteiger partial charge in [0.1, 0.15) is 0 Å². The SMILES string of the molecule is C[N+]1([Ti])CCNCCNCC1.[Cl-].[Cl-]. The van der Waals surface area contributed by atoms with Gasteiger partial charge in [-0.15, -0.1) is 0 Å². The van der Waals surface area contributed by atoms with Crippen LogP contribution < -0.4 is 35.4 Å². The van der Waals surface area contributed by atoms with Crippen LogP contribution in [-0.2, 0) is 20.7 Å². The average Bonchev–Trinajstić information content (AvgIpc) is 2.00. The molecule has 1 saturated heterocycles. The van der Waals surface area contributed by atoms with E-state index in [2.05, 4.69) is 38.4 Å². The smallest absolute Gasteiger partial charge is 1.00 e. The van der Waals surface area contributed by atoms with Crippen LogP contribution in [0.4, 0.5) is 0 Å². The molecule has 0 amide bonds. The maximum Gasteiger partial charge on any atom is -1.00 e. The van der Waals surface area contributed by atoms with E-state index >= 15 is 0 Å². The molecule has 0 bridgehead atoms. The first-order valence-corrected chi connectivity index (χ1v) is 4.92. The van der Waals surface area contributed by atoms with Gasteiger partial charge in [-0.3, -0.25) is 0 Å². The van der Waals surface area contributed by atoms with Crippen LogP contribution in [0, 0.1) is 0 Å². The molecule has 1 rings (SSSR count). The first-order chi connectivity index (χ1) is 5.21. The molecule has 0 unspecified atom stereocenters. The van der Waals surface area contributed by atoms with E-state index < -0.39 is 0 Å². The van der Waals surface area contributed by atoms with Crippen LogP contribution in [0.3, 0.4) is 0 Å². The van der Waals surface area contributed by atoms with E-state index in [4.69, 9.17) is 0 Å².